The van der Waals surface area contributed by atoms with Gasteiger partial charge in [-0.25, -0.2) is 4.79 Å². The van der Waals surface area contributed by atoms with Gasteiger partial charge in [0, 0.05) is 24.1 Å². The summed E-state index contributed by atoms with van der Waals surface area (Å²) in [6.07, 6.45) is 0. The molecule has 1 aliphatic rings. The Morgan fingerprint density at radius 1 is 1.30 bits per heavy atom. The number of carbonyl (C=O) groups is 2. The van der Waals surface area contributed by atoms with Crippen LogP contribution in [-0.2, 0) is 24.4 Å². The Kier molecular flexibility index (Phi) is 4.20. The number of halogens is 1. The topological polar surface area (TPSA) is 90.1 Å². The molecule has 2 aromatic rings. The van der Waals surface area contributed by atoms with E-state index < -0.39 is 0 Å². The second-order valence-corrected chi connectivity index (χ2v) is 5.77. The highest BCUT2D eigenvalue weighted by Crippen LogP contribution is 2.26. The van der Waals surface area contributed by atoms with Crippen molar-refractivity contribution in [2.45, 2.75) is 26.6 Å². The van der Waals surface area contributed by atoms with E-state index in [0.717, 1.165) is 16.8 Å². The second kappa shape index (κ2) is 6.29. The van der Waals surface area contributed by atoms with Crippen molar-refractivity contribution in [1.82, 2.24) is 20.4 Å². The molecular formula is C15H16ClN5O2. The molecule has 3 rings (SSSR count). The largest absolute Gasteiger partial charge is 0.334 e. The highest BCUT2D eigenvalue weighted by Gasteiger charge is 2.27. The van der Waals surface area contributed by atoms with Gasteiger partial charge in [0.05, 0.1) is 18.8 Å². The average molecular weight is 334 g/mol. The number of aromatic amines is 1. The molecule has 0 radical (unpaired) electrons. The molecule has 0 unspecified atom stereocenters. The van der Waals surface area contributed by atoms with E-state index >= 15 is 0 Å². The van der Waals surface area contributed by atoms with Crippen LogP contribution in [0.1, 0.15) is 23.7 Å². The molecule has 3 amide bonds. The quantitative estimate of drug-likeness (QED) is 0.804. The first-order valence-electron chi connectivity index (χ1n) is 7.14. The number of fused-ring (bicyclic) bond motifs is 1. The zero-order chi connectivity index (χ0) is 16.4. The fourth-order valence-corrected chi connectivity index (χ4v) is 2.53. The van der Waals surface area contributed by atoms with E-state index in [1.807, 2.05) is 12.1 Å². The number of aromatic nitrogens is 2. The summed E-state index contributed by atoms with van der Waals surface area (Å²) in [4.78, 5) is 25.1. The van der Waals surface area contributed by atoms with E-state index in [9.17, 15) is 9.59 Å². The third-order valence-corrected chi connectivity index (χ3v) is 3.94. The zero-order valence-corrected chi connectivity index (χ0v) is 13.3. The van der Waals surface area contributed by atoms with Crippen molar-refractivity contribution in [1.29, 1.82) is 0 Å². The summed E-state index contributed by atoms with van der Waals surface area (Å²) in [5.41, 5.74) is 2.58. The molecule has 7 nitrogen and oxygen atoms in total. The van der Waals surface area contributed by atoms with Crippen LogP contribution in [0.2, 0.25) is 5.02 Å². The molecule has 8 heteroatoms. The molecule has 1 aliphatic heterocycles. The van der Waals surface area contributed by atoms with Crippen LogP contribution >= 0.6 is 11.6 Å². The molecule has 1 aromatic carbocycles. The number of anilines is 1. The number of nitrogens with one attached hydrogen (secondary N) is 3. The van der Waals surface area contributed by atoms with Gasteiger partial charge in [-0.1, -0.05) is 23.7 Å². The second-order valence-electron chi connectivity index (χ2n) is 5.33. The van der Waals surface area contributed by atoms with Crippen molar-refractivity contribution < 1.29 is 9.59 Å². The number of H-pyrrole nitrogens is 1. The number of hydrogen-bond donors (Lipinski definition) is 3. The Labute approximate surface area is 138 Å². The van der Waals surface area contributed by atoms with E-state index in [1.165, 1.54) is 6.92 Å². The maximum Gasteiger partial charge on any atom is 0.320 e. The number of nitrogens with zero attached hydrogens (tertiary/aromatic N) is 2. The summed E-state index contributed by atoms with van der Waals surface area (Å²) in [6.45, 7) is 2.82. The number of carbonyl (C=O) groups excluding carboxylic acids is 2. The average Bonchev–Trinajstić information content (AvgIpc) is 3.09. The maximum atomic E-state index is 12.0. The Morgan fingerprint density at radius 2 is 2.04 bits per heavy atom. The lowest BCUT2D eigenvalue weighted by molar-refractivity contribution is -0.129. The number of hydrogen-bond acceptors (Lipinski definition) is 3. The monoisotopic (exact) mass is 333 g/mol. The molecule has 0 fully saturated rings. The molecule has 23 heavy (non-hydrogen) atoms. The van der Waals surface area contributed by atoms with E-state index in [0.29, 0.717) is 30.5 Å². The van der Waals surface area contributed by atoms with Crippen molar-refractivity contribution >= 4 is 29.4 Å². The van der Waals surface area contributed by atoms with Crippen molar-refractivity contribution in [3.8, 4) is 0 Å². The zero-order valence-electron chi connectivity index (χ0n) is 12.5. The summed E-state index contributed by atoms with van der Waals surface area (Å²) >= 11 is 5.82. The summed E-state index contributed by atoms with van der Waals surface area (Å²) in [5, 5.41) is 13.1. The smallest absolute Gasteiger partial charge is 0.320 e. The molecule has 2 heterocycles. The Balaban J connectivity index is 1.57. The Hall–Kier alpha value is -2.54. The molecule has 0 saturated heterocycles. The number of rotatable bonds is 3. The van der Waals surface area contributed by atoms with Crippen LogP contribution in [0.5, 0.6) is 0 Å². The lowest BCUT2D eigenvalue weighted by atomic mass is 10.2. The number of amides is 3. The summed E-state index contributed by atoms with van der Waals surface area (Å²) in [6, 6.07) is 6.90. The molecule has 3 N–H and O–H groups in total. The van der Waals surface area contributed by atoms with Crippen LogP contribution in [-0.4, -0.2) is 27.0 Å². The standard InChI is InChI=1S/C15H16ClN5O2/c1-9(22)21-7-12-13(8-21)19-20-14(12)18-15(23)17-6-10-2-4-11(16)5-3-10/h2-5H,6-8H2,1H3,(H3,17,18,19,20,23). The van der Waals surface area contributed by atoms with Gasteiger partial charge >= 0.3 is 6.03 Å². The minimum absolute atomic E-state index is 0.0128. The summed E-state index contributed by atoms with van der Waals surface area (Å²) < 4.78 is 0. The van der Waals surface area contributed by atoms with Crippen LogP contribution in [0.4, 0.5) is 10.6 Å². The number of urea groups is 1. The third kappa shape index (κ3) is 3.45. The van der Waals surface area contributed by atoms with Crippen molar-refractivity contribution in [3.05, 3.63) is 46.1 Å². The van der Waals surface area contributed by atoms with Gasteiger partial charge in [-0.2, -0.15) is 5.10 Å². The van der Waals surface area contributed by atoms with Gasteiger partial charge in [-0.15, -0.1) is 0 Å². The van der Waals surface area contributed by atoms with Gasteiger partial charge in [0.25, 0.3) is 0 Å². The molecule has 0 spiro atoms. The number of benzene rings is 1. The highest BCUT2D eigenvalue weighted by atomic mass is 35.5. The van der Waals surface area contributed by atoms with E-state index in [-0.39, 0.29) is 11.9 Å². The van der Waals surface area contributed by atoms with Crippen LogP contribution in [0.15, 0.2) is 24.3 Å². The predicted molar refractivity (Wildman–Crippen MR) is 85.8 cm³/mol. The molecule has 0 atom stereocenters. The minimum Gasteiger partial charge on any atom is -0.334 e. The molecule has 0 saturated carbocycles. The van der Waals surface area contributed by atoms with Gasteiger partial charge in [0.1, 0.15) is 5.82 Å². The maximum absolute atomic E-state index is 12.0. The fraction of sp³-hybridized carbons (Fsp3) is 0.267. The van der Waals surface area contributed by atoms with E-state index in [1.54, 1.807) is 17.0 Å². The van der Waals surface area contributed by atoms with Gasteiger partial charge in [-0.05, 0) is 17.7 Å². The summed E-state index contributed by atoms with van der Waals surface area (Å²) in [7, 11) is 0. The summed E-state index contributed by atoms with van der Waals surface area (Å²) in [5.74, 6) is 0.512. The van der Waals surface area contributed by atoms with Crippen molar-refractivity contribution in [2.24, 2.45) is 0 Å². The fourth-order valence-electron chi connectivity index (χ4n) is 2.40. The first-order valence-corrected chi connectivity index (χ1v) is 7.51. The van der Waals surface area contributed by atoms with Gasteiger partial charge in [-0.3, -0.25) is 15.2 Å². The molecular weight excluding hydrogens is 318 g/mol. The van der Waals surface area contributed by atoms with E-state index in [4.69, 9.17) is 11.6 Å². The molecule has 0 bridgehead atoms. The van der Waals surface area contributed by atoms with Crippen molar-refractivity contribution in [2.75, 3.05) is 5.32 Å². The lowest BCUT2D eigenvalue weighted by Gasteiger charge is -2.12. The van der Waals surface area contributed by atoms with Crippen LogP contribution in [0.25, 0.3) is 0 Å². The third-order valence-electron chi connectivity index (χ3n) is 3.69. The molecule has 0 aliphatic carbocycles. The first kappa shape index (κ1) is 15.4. The first-order chi connectivity index (χ1) is 11.0. The van der Waals surface area contributed by atoms with Gasteiger partial charge in [0.2, 0.25) is 5.91 Å². The Bertz CT molecular complexity index is 741. The van der Waals surface area contributed by atoms with E-state index in [2.05, 4.69) is 20.8 Å². The van der Waals surface area contributed by atoms with Crippen LogP contribution < -0.4 is 10.6 Å². The van der Waals surface area contributed by atoms with Crippen LogP contribution in [0.3, 0.4) is 0 Å². The SMILES string of the molecule is CC(=O)N1Cc2n[nH]c(NC(=O)NCc3ccc(Cl)cc3)c2C1. The Morgan fingerprint density at radius 3 is 2.74 bits per heavy atom. The molecule has 120 valence electrons. The highest BCUT2D eigenvalue weighted by molar-refractivity contribution is 6.30. The molecule has 1 aromatic heterocycles. The minimum atomic E-state index is -0.340. The predicted octanol–water partition coefficient (Wildman–Crippen LogP) is 2.25. The van der Waals surface area contributed by atoms with Crippen LogP contribution in [0, 0.1) is 0 Å². The van der Waals surface area contributed by atoms with Gasteiger partial charge < -0.3 is 10.2 Å². The van der Waals surface area contributed by atoms with Gasteiger partial charge in [0.15, 0.2) is 0 Å². The van der Waals surface area contributed by atoms with Crippen molar-refractivity contribution in [3.63, 3.8) is 0 Å². The lowest BCUT2D eigenvalue weighted by Crippen LogP contribution is -2.29. The normalized spacial score (nSPS) is 12.9.